The van der Waals surface area contributed by atoms with Crippen LogP contribution in [0.4, 0.5) is 0 Å². The molecule has 1 unspecified atom stereocenters. The lowest BCUT2D eigenvalue weighted by Crippen LogP contribution is -2.38. The van der Waals surface area contributed by atoms with Crippen molar-refractivity contribution in [2.45, 2.75) is 52.5 Å². The Morgan fingerprint density at radius 1 is 1.12 bits per heavy atom. The van der Waals surface area contributed by atoms with Gasteiger partial charge < -0.3 is 5.32 Å². The van der Waals surface area contributed by atoms with Gasteiger partial charge in [0.25, 0.3) is 0 Å². The summed E-state index contributed by atoms with van der Waals surface area (Å²) in [6.45, 7) is 12.1. The molecule has 1 rings (SSSR count). The van der Waals surface area contributed by atoms with E-state index in [2.05, 4.69) is 64.2 Å². The van der Waals surface area contributed by atoms with E-state index < -0.39 is 0 Å². The Kier molecular flexibility index (Phi) is 4.55. The Bertz CT molecular complexity index is 305. The first kappa shape index (κ1) is 13.2. The fourth-order valence-electron chi connectivity index (χ4n) is 1.66. The Morgan fingerprint density at radius 2 is 1.69 bits per heavy atom. The molecule has 0 aliphatic rings. The van der Waals surface area contributed by atoms with Crippen molar-refractivity contribution in [3.63, 3.8) is 0 Å². The van der Waals surface area contributed by atoms with Crippen molar-refractivity contribution in [2.75, 3.05) is 6.54 Å². The molecule has 0 amide bonds. The summed E-state index contributed by atoms with van der Waals surface area (Å²) in [6, 6.07) is 8.99. The highest BCUT2D eigenvalue weighted by Gasteiger charge is 2.12. The fraction of sp³-hybridized carbons (Fsp3) is 0.600. The number of benzene rings is 1. The molecule has 0 saturated carbocycles. The summed E-state index contributed by atoms with van der Waals surface area (Å²) in [6.07, 6.45) is 1.12. The van der Waals surface area contributed by atoms with E-state index in [4.69, 9.17) is 0 Å². The fourth-order valence-corrected chi connectivity index (χ4v) is 1.66. The van der Waals surface area contributed by atoms with Gasteiger partial charge in [0.2, 0.25) is 0 Å². The second-order valence-corrected chi connectivity index (χ2v) is 5.63. The molecule has 1 nitrogen and oxygen atoms in total. The van der Waals surface area contributed by atoms with Crippen LogP contribution in [0.2, 0.25) is 0 Å². The standard InChI is InChI=1S/C15H25N/c1-6-13-7-9-14(10-8-13)12(2)11-16-15(3,4)5/h7-10,12,16H,6,11H2,1-5H3. The van der Waals surface area contributed by atoms with Crippen molar-refractivity contribution in [3.05, 3.63) is 35.4 Å². The quantitative estimate of drug-likeness (QED) is 0.813. The summed E-state index contributed by atoms with van der Waals surface area (Å²) < 4.78 is 0. The number of rotatable bonds is 4. The van der Waals surface area contributed by atoms with Gasteiger partial charge in [-0.25, -0.2) is 0 Å². The second-order valence-electron chi connectivity index (χ2n) is 5.63. The molecule has 1 N–H and O–H groups in total. The summed E-state index contributed by atoms with van der Waals surface area (Å²) in [5.41, 5.74) is 3.05. The third-order valence-corrected chi connectivity index (χ3v) is 2.90. The van der Waals surface area contributed by atoms with Crippen LogP contribution in [-0.4, -0.2) is 12.1 Å². The number of hydrogen-bond donors (Lipinski definition) is 1. The van der Waals surface area contributed by atoms with Gasteiger partial charge in [-0.3, -0.25) is 0 Å². The lowest BCUT2D eigenvalue weighted by molar-refractivity contribution is 0.412. The van der Waals surface area contributed by atoms with E-state index in [1.807, 2.05) is 0 Å². The van der Waals surface area contributed by atoms with Crippen molar-refractivity contribution >= 4 is 0 Å². The van der Waals surface area contributed by atoms with E-state index in [-0.39, 0.29) is 5.54 Å². The molecule has 0 heterocycles. The highest BCUT2D eigenvalue weighted by Crippen LogP contribution is 2.16. The molecular weight excluding hydrogens is 194 g/mol. The van der Waals surface area contributed by atoms with Gasteiger partial charge in [0.05, 0.1) is 0 Å². The molecule has 16 heavy (non-hydrogen) atoms. The zero-order chi connectivity index (χ0) is 12.2. The molecule has 0 aliphatic carbocycles. The van der Waals surface area contributed by atoms with Gasteiger partial charge in [-0.05, 0) is 44.2 Å². The zero-order valence-corrected chi connectivity index (χ0v) is 11.3. The average molecular weight is 219 g/mol. The Hall–Kier alpha value is -0.820. The van der Waals surface area contributed by atoms with Gasteiger partial charge in [0.15, 0.2) is 0 Å². The normalized spacial score (nSPS) is 13.8. The first-order valence-corrected chi connectivity index (χ1v) is 6.26. The van der Waals surface area contributed by atoms with Crippen molar-refractivity contribution < 1.29 is 0 Å². The molecule has 0 bridgehead atoms. The van der Waals surface area contributed by atoms with Crippen molar-refractivity contribution in [1.29, 1.82) is 0 Å². The largest absolute Gasteiger partial charge is 0.311 e. The van der Waals surface area contributed by atoms with Gasteiger partial charge in [-0.1, -0.05) is 38.1 Å². The maximum Gasteiger partial charge on any atom is 0.00967 e. The molecule has 0 spiro atoms. The van der Waals surface area contributed by atoms with Crippen LogP contribution in [0, 0.1) is 0 Å². The third-order valence-electron chi connectivity index (χ3n) is 2.90. The topological polar surface area (TPSA) is 12.0 Å². The van der Waals surface area contributed by atoms with E-state index in [0.29, 0.717) is 5.92 Å². The Balaban J connectivity index is 2.56. The first-order chi connectivity index (χ1) is 7.42. The molecule has 0 aromatic heterocycles. The lowest BCUT2D eigenvalue weighted by Gasteiger charge is -2.23. The van der Waals surface area contributed by atoms with Gasteiger partial charge in [0, 0.05) is 12.1 Å². The lowest BCUT2D eigenvalue weighted by atomic mass is 9.98. The summed E-state index contributed by atoms with van der Waals surface area (Å²) >= 11 is 0. The van der Waals surface area contributed by atoms with Crippen LogP contribution in [0.3, 0.4) is 0 Å². The zero-order valence-electron chi connectivity index (χ0n) is 11.3. The molecule has 0 radical (unpaired) electrons. The van der Waals surface area contributed by atoms with Crippen LogP contribution in [0.5, 0.6) is 0 Å². The van der Waals surface area contributed by atoms with E-state index in [0.717, 1.165) is 13.0 Å². The summed E-state index contributed by atoms with van der Waals surface area (Å²) in [5, 5.41) is 3.55. The van der Waals surface area contributed by atoms with Crippen LogP contribution in [-0.2, 0) is 6.42 Å². The molecule has 0 fully saturated rings. The SMILES string of the molecule is CCc1ccc(C(C)CNC(C)(C)C)cc1. The summed E-state index contributed by atoms with van der Waals surface area (Å²) in [4.78, 5) is 0. The Labute approximate surface area is 100 Å². The number of nitrogens with one attached hydrogen (secondary N) is 1. The Morgan fingerprint density at radius 3 is 2.12 bits per heavy atom. The molecule has 90 valence electrons. The summed E-state index contributed by atoms with van der Waals surface area (Å²) in [7, 11) is 0. The van der Waals surface area contributed by atoms with Crippen LogP contribution in [0.25, 0.3) is 0 Å². The van der Waals surface area contributed by atoms with Gasteiger partial charge in [-0.15, -0.1) is 0 Å². The monoisotopic (exact) mass is 219 g/mol. The van der Waals surface area contributed by atoms with E-state index >= 15 is 0 Å². The van der Waals surface area contributed by atoms with E-state index in [9.17, 15) is 0 Å². The number of hydrogen-bond acceptors (Lipinski definition) is 1. The van der Waals surface area contributed by atoms with Crippen molar-refractivity contribution in [1.82, 2.24) is 5.32 Å². The molecule has 1 atom stereocenters. The van der Waals surface area contributed by atoms with Crippen molar-refractivity contribution in [3.8, 4) is 0 Å². The van der Waals surface area contributed by atoms with Gasteiger partial charge in [-0.2, -0.15) is 0 Å². The molecular formula is C15H25N. The smallest absolute Gasteiger partial charge is 0.00967 e. The van der Waals surface area contributed by atoms with E-state index in [1.54, 1.807) is 0 Å². The first-order valence-electron chi connectivity index (χ1n) is 6.26. The maximum atomic E-state index is 3.55. The van der Waals surface area contributed by atoms with Crippen LogP contribution in [0.1, 0.15) is 51.7 Å². The minimum Gasteiger partial charge on any atom is -0.311 e. The summed E-state index contributed by atoms with van der Waals surface area (Å²) in [5.74, 6) is 0.574. The molecule has 1 aromatic carbocycles. The second kappa shape index (κ2) is 5.49. The van der Waals surface area contributed by atoms with Gasteiger partial charge in [0.1, 0.15) is 0 Å². The molecule has 0 aliphatic heterocycles. The molecule has 1 aromatic rings. The average Bonchev–Trinajstić information content (AvgIpc) is 2.25. The van der Waals surface area contributed by atoms with Crippen LogP contribution in [0.15, 0.2) is 24.3 Å². The highest BCUT2D eigenvalue weighted by atomic mass is 14.9. The highest BCUT2D eigenvalue weighted by molar-refractivity contribution is 5.25. The minimum atomic E-state index is 0.206. The van der Waals surface area contributed by atoms with Crippen LogP contribution < -0.4 is 5.32 Å². The molecule has 0 saturated heterocycles. The molecule has 1 heteroatoms. The predicted molar refractivity (Wildman–Crippen MR) is 72.0 cm³/mol. The van der Waals surface area contributed by atoms with Crippen LogP contribution >= 0.6 is 0 Å². The van der Waals surface area contributed by atoms with E-state index in [1.165, 1.54) is 11.1 Å². The van der Waals surface area contributed by atoms with Crippen molar-refractivity contribution in [2.24, 2.45) is 0 Å². The predicted octanol–water partition coefficient (Wildman–Crippen LogP) is 3.74. The number of aryl methyl sites for hydroxylation is 1. The van der Waals surface area contributed by atoms with Gasteiger partial charge >= 0.3 is 0 Å². The minimum absolute atomic E-state index is 0.206. The third kappa shape index (κ3) is 4.36. The maximum absolute atomic E-state index is 3.55.